The number of pyridine rings is 1. The van der Waals surface area contributed by atoms with Gasteiger partial charge in [-0.2, -0.15) is 0 Å². The number of anilines is 1. The molecule has 0 unspecified atom stereocenters. The van der Waals surface area contributed by atoms with Crippen molar-refractivity contribution in [2.24, 2.45) is 0 Å². The Morgan fingerprint density at radius 3 is 2.62 bits per heavy atom. The summed E-state index contributed by atoms with van der Waals surface area (Å²) in [4.78, 5) is 16.3. The molecule has 0 aliphatic carbocycles. The quantitative estimate of drug-likeness (QED) is 0.891. The zero-order valence-electron chi connectivity index (χ0n) is 11.5. The van der Waals surface area contributed by atoms with E-state index >= 15 is 0 Å². The van der Waals surface area contributed by atoms with Crippen LogP contribution in [0.4, 0.5) is 10.2 Å². The summed E-state index contributed by atoms with van der Waals surface area (Å²) in [7, 11) is 0. The maximum Gasteiger partial charge on any atom is 0.271 e. The Morgan fingerprint density at radius 1 is 1.24 bits per heavy atom. The number of carbonyl (C=O) groups excluding carboxylic acids is 1. The number of aromatic nitrogens is 1. The molecule has 0 radical (unpaired) electrons. The highest BCUT2D eigenvalue weighted by Gasteiger charge is 2.12. The number of nitrogens with zero attached hydrogens (tertiary/aromatic N) is 1. The van der Waals surface area contributed by atoms with Gasteiger partial charge in [-0.15, -0.1) is 0 Å². The van der Waals surface area contributed by atoms with Gasteiger partial charge in [-0.3, -0.25) is 4.79 Å². The molecule has 0 aliphatic rings. The second-order valence-corrected chi connectivity index (χ2v) is 4.77. The number of rotatable bonds is 5. The summed E-state index contributed by atoms with van der Waals surface area (Å²) >= 11 is 5.99. The van der Waals surface area contributed by atoms with Gasteiger partial charge in [0.25, 0.3) is 5.91 Å². The summed E-state index contributed by atoms with van der Waals surface area (Å²) in [5.74, 6) is -0.0916. The van der Waals surface area contributed by atoms with Gasteiger partial charge in [-0.05, 0) is 36.8 Å². The minimum Gasteiger partial charge on any atom is -0.370 e. The predicted octanol–water partition coefficient (Wildman–Crippen LogP) is 3.24. The minimum absolute atomic E-state index is 0.164. The zero-order chi connectivity index (χ0) is 15.2. The monoisotopic (exact) mass is 307 g/mol. The molecule has 2 rings (SSSR count). The average Bonchev–Trinajstić information content (AvgIpc) is 2.48. The van der Waals surface area contributed by atoms with Crippen molar-refractivity contribution >= 4 is 23.3 Å². The Kier molecular flexibility index (Phi) is 5.11. The third-order valence-corrected chi connectivity index (χ3v) is 3.09. The SMILES string of the molecule is CCNc1ccc(Cl)c(C(=O)NCc2ccc(F)cc2)n1. The molecule has 1 aromatic carbocycles. The molecule has 0 saturated carbocycles. The molecule has 4 nitrogen and oxygen atoms in total. The van der Waals surface area contributed by atoms with Crippen LogP contribution in [-0.4, -0.2) is 17.4 Å². The summed E-state index contributed by atoms with van der Waals surface area (Å²) in [6, 6.07) is 9.25. The van der Waals surface area contributed by atoms with Gasteiger partial charge in [-0.25, -0.2) is 9.37 Å². The average molecular weight is 308 g/mol. The van der Waals surface area contributed by atoms with E-state index in [4.69, 9.17) is 11.6 Å². The lowest BCUT2D eigenvalue weighted by atomic mass is 10.2. The van der Waals surface area contributed by atoms with Gasteiger partial charge in [0.05, 0.1) is 5.02 Å². The lowest BCUT2D eigenvalue weighted by Gasteiger charge is -2.08. The summed E-state index contributed by atoms with van der Waals surface area (Å²) < 4.78 is 12.8. The molecule has 2 aromatic rings. The molecule has 21 heavy (non-hydrogen) atoms. The van der Waals surface area contributed by atoms with Crippen molar-refractivity contribution in [3.8, 4) is 0 Å². The number of hydrogen-bond acceptors (Lipinski definition) is 3. The van der Waals surface area contributed by atoms with Crippen LogP contribution in [0.5, 0.6) is 0 Å². The van der Waals surface area contributed by atoms with E-state index in [1.165, 1.54) is 12.1 Å². The normalized spacial score (nSPS) is 10.2. The van der Waals surface area contributed by atoms with E-state index in [1.807, 2.05) is 6.92 Å². The molecule has 6 heteroatoms. The lowest BCUT2D eigenvalue weighted by Crippen LogP contribution is -2.24. The molecule has 0 bridgehead atoms. The minimum atomic E-state index is -0.371. The summed E-state index contributed by atoms with van der Waals surface area (Å²) in [5, 5.41) is 6.01. The van der Waals surface area contributed by atoms with Crippen LogP contribution in [0.25, 0.3) is 0 Å². The van der Waals surface area contributed by atoms with Gasteiger partial charge in [0, 0.05) is 13.1 Å². The molecule has 0 atom stereocenters. The standard InChI is InChI=1S/C15H15ClFN3O/c1-2-18-13-8-7-12(16)14(20-13)15(21)19-9-10-3-5-11(17)6-4-10/h3-8H,2,9H2,1H3,(H,18,20)(H,19,21). The number of halogens is 2. The van der Waals surface area contributed by atoms with Gasteiger partial charge in [0.15, 0.2) is 0 Å². The Balaban J connectivity index is 2.05. The number of carbonyl (C=O) groups is 1. The van der Waals surface area contributed by atoms with Crippen molar-refractivity contribution in [1.82, 2.24) is 10.3 Å². The van der Waals surface area contributed by atoms with Crippen LogP contribution in [-0.2, 0) is 6.54 Å². The van der Waals surface area contributed by atoms with Crippen LogP contribution in [0.3, 0.4) is 0 Å². The smallest absolute Gasteiger partial charge is 0.271 e. The molecule has 2 N–H and O–H groups in total. The molecule has 0 saturated heterocycles. The Labute approximate surface area is 127 Å². The highest BCUT2D eigenvalue weighted by Crippen LogP contribution is 2.16. The first-order chi connectivity index (χ1) is 10.1. The van der Waals surface area contributed by atoms with Gasteiger partial charge in [0.1, 0.15) is 17.3 Å². The maximum atomic E-state index is 12.8. The highest BCUT2D eigenvalue weighted by molar-refractivity contribution is 6.33. The van der Waals surface area contributed by atoms with Crippen LogP contribution >= 0.6 is 11.6 Å². The summed E-state index contributed by atoms with van der Waals surface area (Å²) in [5.41, 5.74) is 0.959. The Hall–Kier alpha value is -2.14. The molecule has 1 heterocycles. The fraction of sp³-hybridized carbons (Fsp3) is 0.200. The van der Waals surface area contributed by atoms with E-state index in [2.05, 4.69) is 15.6 Å². The maximum absolute atomic E-state index is 12.8. The Morgan fingerprint density at radius 2 is 1.95 bits per heavy atom. The van der Waals surface area contributed by atoms with Gasteiger partial charge in [0.2, 0.25) is 0 Å². The van der Waals surface area contributed by atoms with E-state index in [-0.39, 0.29) is 29.0 Å². The van der Waals surface area contributed by atoms with E-state index in [0.717, 1.165) is 5.56 Å². The van der Waals surface area contributed by atoms with Crippen LogP contribution in [0, 0.1) is 5.82 Å². The van der Waals surface area contributed by atoms with Crippen molar-refractivity contribution in [3.05, 3.63) is 58.5 Å². The van der Waals surface area contributed by atoms with Gasteiger partial charge >= 0.3 is 0 Å². The number of hydrogen-bond donors (Lipinski definition) is 2. The van der Waals surface area contributed by atoms with Crippen molar-refractivity contribution in [1.29, 1.82) is 0 Å². The fourth-order valence-corrected chi connectivity index (χ4v) is 1.94. The number of benzene rings is 1. The molecule has 0 aliphatic heterocycles. The highest BCUT2D eigenvalue weighted by atomic mass is 35.5. The first-order valence-corrected chi connectivity index (χ1v) is 6.91. The lowest BCUT2D eigenvalue weighted by molar-refractivity contribution is 0.0946. The second-order valence-electron chi connectivity index (χ2n) is 4.37. The predicted molar refractivity (Wildman–Crippen MR) is 81.0 cm³/mol. The third kappa shape index (κ3) is 4.16. The first-order valence-electron chi connectivity index (χ1n) is 6.53. The number of amides is 1. The first kappa shape index (κ1) is 15.3. The van der Waals surface area contributed by atoms with E-state index < -0.39 is 0 Å². The fourth-order valence-electron chi connectivity index (χ4n) is 1.75. The van der Waals surface area contributed by atoms with Crippen molar-refractivity contribution in [2.75, 3.05) is 11.9 Å². The largest absolute Gasteiger partial charge is 0.370 e. The van der Waals surface area contributed by atoms with Crippen LogP contribution < -0.4 is 10.6 Å². The van der Waals surface area contributed by atoms with Crippen LogP contribution in [0.1, 0.15) is 23.0 Å². The van der Waals surface area contributed by atoms with Crippen molar-refractivity contribution < 1.29 is 9.18 Å². The summed E-state index contributed by atoms with van der Waals surface area (Å²) in [6.45, 7) is 2.92. The molecular weight excluding hydrogens is 293 g/mol. The van der Waals surface area contributed by atoms with Gasteiger partial charge in [-0.1, -0.05) is 23.7 Å². The van der Waals surface area contributed by atoms with E-state index in [0.29, 0.717) is 12.4 Å². The number of nitrogens with one attached hydrogen (secondary N) is 2. The molecule has 1 aromatic heterocycles. The molecular formula is C15H15ClFN3O. The van der Waals surface area contributed by atoms with Crippen molar-refractivity contribution in [2.45, 2.75) is 13.5 Å². The van der Waals surface area contributed by atoms with Crippen LogP contribution in [0.2, 0.25) is 5.02 Å². The molecule has 110 valence electrons. The van der Waals surface area contributed by atoms with Gasteiger partial charge < -0.3 is 10.6 Å². The molecule has 0 spiro atoms. The van der Waals surface area contributed by atoms with Crippen molar-refractivity contribution in [3.63, 3.8) is 0 Å². The molecule has 0 fully saturated rings. The Bertz CT molecular complexity index is 631. The zero-order valence-corrected chi connectivity index (χ0v) is 12.2. The molecule has 1 amide bonds. The topological polar surface area (TPSA) is 54.0 Å². The van der Waals surface area contributed by atoms with Crippen LogP contribution in [0.15, 0.2) is 36.4 Å². The second kappa shape index (κ2) is 7.04. The third-order valence-electron chi connectivity index (χ3n) is 2.79. The van der Waals surface area contributed by atoms with E-state index in [1.54, 1.807) is 24.3 Å². The summed E-state index contributed by atoms with van der Waals surface area (Å²) in [6.07, 6.45) is 0. The van der Waals surface area contributed by atoms with E-state index in [9.17, 15) is 9.18 Å².